The number of hydrogen-bond donors (Lipinski definition) is 1. The zero-order chi connectivity index (χ0) is 12.4. The van der Waals surface area contributed by atoms with E-state index in [2.05, 4.69) is 4.98 Å². The first-order valence-corrected chi connectivity index (χ1v) is 5.11. The fraction of sp³-hybridized carbons (Fsp3) is 0.250. The van der Waals surface area contributed by atoms with Crippen LogP contribution in [0.15, 0.2) is 30.7 Å². The smallest absolute Gasteiger partial charge is 0.133 e. The molecule has 0 fully saturated rings. The quantitative estimate of drug-likeness (QED) is 0.881. The number of methoxy groups -OCH3 is 1. The third kappa shape index (κ3) is 2.29. The average molecular weight is 236 g/mol. The molecule has 17 heavy (non-hydrogen) atoms. The lowest BCUT2D eigenvalue weighted by atomic mass is 10.1. The SMILES string of the molecule is COc1ccc(C(O)c2cn(C)cn2)c(F)c1. The second-order valence-corrected chi connectivity index (χ2v) is 3.75. The van der Waals surface area contributed by atoms with Crippen molar-refractivity contribution < 1.29 is 14.2 Å². The number of benzene rings is 1. The van der Waals surface area contributed by atoms with Crippen LogP contribution in [0.2, 0.25) is 0 Å². The second kappa shape index (κ2) is 4.55. The number of nitrogens with zero attached hydrogens (tertiary/aromatic N) is 2. The van der Waals surface area contributed by atoms with Gasteiger partial charge in [-0.05, 0) is 12.1 Å². The number of hydrogen-bond acceptors (Lipinski definition) is 3. The summed E-state index contributed by atoms with van der Waals surface area (Å²) in [5.41, 5.74) is 0.598. The minimum Gasteiger partial charge on any atom is -0.497 e. The van der Waals surface area contributed by atoms with Gasteiger partial charge in [0.05, 0.1) is 19.1 Å². The van der Waals surface area contributed by atoms with Gasteiger partial charge in [-0.25, -0.2) is 9.37 Å². The Morgan fingerprint density at radius 1 is 1.47 bits per heavy atom. The van der Waals surface area contributed by atoms with Crippen LogP contribution in [0.25, 0.3) is 0 Å². The highest BCUT2D eigenvalue weighted by Crippen LogP contribution is 2.25. The molecule has 0 bridgehead atoms. The van der Waals surface area contributed by atoms with Crippen molar-refractivity contribution in [1.29, 1.82) is 0 Å². The third-order valence-electron chi connectivity index (χ3n) is 2.51. The van der Waals surface area contributed by atoms with Gasteiger partial charge in [0.1, 0.15) is 17.7 Å². The van der Waals surface area contributed by atoms with Crippen molar-refractivity contribution in [1.82, 2.24) is 9.55 Å². The van der Waals surface area contributed by atoms with Gasteiger partial charge in [-0.3, -0.25) is 0 Å². The number of aliphatic hydroxyl groups is 1. The maximum Gasteiger partial charge on any atom is 0.133 e. The average Bonchev–Trinajstić information content (AvgIpc) is 2.75. The summed E-state index contributed by atoms with van der Waals surface area (Å²) >= 11 is 0. The van der Waals surface area contributed by atoms with E-state index in [1.807, 2.05) is 0 Å². The lowest BCUT2D eigenvalue weighted by Crippen LogP contribution is -2.03. The normalized spacial score (nSPS) is 12.5. The molecule has 1 N–H and O–H groups in total. The summed E-state index contributed by atoms with van der Waals surface area (Å²) in [6, 6.07) is 4.33. The van der Waals surface area contributed by atoms with Crippen LogP contribution in [0.4, 0.5) is 4.39 Å². The zero-order valence-corrected chi connectivity index (χ0v) is 9.59. The minimum absolute atomic E-state index is 0.185. The van der Waals surface area contributed by atoms with Crippen LogP contribution < -0.4 is 4.74 Å². The molecule has 0 amide bonds. The van der Waals surface area contributed by atoms with E-state index in [-0.39, 0.29) is 5.56 Å². The van der Waals surface area contributed by atoms with Gasteiger partial charge >= 0.3 is 0 Å². The van der Waals surface area contributed by atoms with Crippen LogP contribution in [-0.2, 0) is 7.05 Å². The molecule has 0 saturated carbocycles. The molecular formula is C12H13FN2O2. The van der Waals surface area contributed by atoms with Crippen LogP contribution in [0, 0.1) is 5.82 Å². The molecule has 2 rings (SSSR count). The Hall–Kier alpha value is -1.88. The minimum atomic E-state index is -1.07. The van der Waals surface area contributed by atoms with Crippen molar-refractivity contribution >= 4 is 0 Å². The molecule has 0 aliphatic heterocycles. The van der Waals surface area contributed by atoms with Gasteiger partial charge in [-0.1, -0.05) is 0 Å². The summed E-state index contributed by atoms with van der Waals surface area (Å²) in [6.07, 6.45) is 2.14. The van der Waals surface area contributed by atoms with E-state index in [9.17, 15) is 9.50 Å². The monoisotopic (exact) mass is 236 g/mol. The maximum absolute atomic E-state index is 13.7. The molecule has 4 nitrogen and oxygen atoms in total. The van der Waals surface area contributed by atoms with Crippen LogP contribution in [0.5, 0.6) is 5.75 Å². The Bertz CT molecular complexity index is 525. The first-order valence-electron chi connectivity index (χ1n) is 5.11. The lowest BCUT2D eigenvalue weighted by molar-refractivity contribution is 0.210. The van der Waals surface area contributed by atoms with Crippen molar-refractivity contribution in [2.75, 3.05) is 7.11 Å². The summed E-state index contributed by atoms with van der Waals surface area (Å²) in [5.74, 6) is -0.0954. The number of rotatable bonds is 3. The predicted octanol–water partition coefficient (Wildman–Crippen LogP) is 1.65. The molecule has 0 spiro atoms. The molecule has 1 heterocycles. The molecule has 1 atom stereocenters. The van der Waals surface area contributed by atoms with E-state index in [0.29, 0.717) is 11.4 Å². The molecule has 1 unspecified atom stereocenters. The molecule has 0 saturated heterocycles. The Morgan fingerprint density at radius 2 is 2.24 bits per heavy atom. The number of ether oxygens (including phenoxy) is 1. The van der Waals surface area contributed by atoms with Gasteiger partial charge in [0.15, 0.2) is 0 Å². The van der Waals surface area contributed by atoms with E-state index < -0.39 is 11.9 Å². The summed E-state index contributed by atoms with van der Waals surface area (Å²) in [7, 11) is 3.25. The second-order valence-electron chi connectivity index (χ2n) is 3.75. The molecule has 2 aromatic rings. The molecule has 90 valence electrons. The molecule has 1 aromatic heterocycles. The van der Waals surface area contributed by atoms with E-state index in [1.54, 1.807) is 30.2 Å². The number of halogens is 1. The van der Waals surface area contributed by atoms with E-state index in [1.165, 1.54) is 19.2 Å². The fourth-order valence-corrected chi connectivity index (χ4v) is 1.59. The number of imidazole rings is 1. The number of aryl methyl sites for hydroxylation is 1. The van der Waals surface area contributed by atoms with Gasteiger partial charge in [-0.2, -0.15) is 0 Å². The Morgan fingerprint density at radius 3 is 2.76 bits per heavy atom. The Labute approximate surface area is 98.3 Å². The standard InChI is InChI=1S/C12H13FN2O2/c1-15-6-11(14-7-15)12(16)9-4-3-8(17-2)5-10(9)13/h3-7,12,16H,1-2H3. The summed E-state index contributed by atoms with van der Waals surface area (Å²) < 4.78 is 20.3. The molecule has 5 heteroatoms. The summed E-state index contributed by atoms with van der Waals surface area (Å²) in [6.45, 7) is 0. The van der Waals surface area contributed by atoms with Crippen molar-refractivity contribution in [2.45, 2.75) is 6.10 Å². The topological polar surface area (TPSA) is 47.3 Å². The fourth-order valence-electron chi connectivity index (χ4n) is 1.59. The summed E-state index contributed by atoms with van der Waals surface area (Å²) in [4.78, 5) is 3.99. The lowest BCUT2D eigenvalue weighted by Gasteiger charge is -2.10. The van der Waals surface area contributed by atoms with Crippen LogP contribution in [0.3, 0.4) is 0 Å². The highest BCUT2D eigenvalue weighted by atomic mass is 19.1. The molecule has 0 radical (unpaired) electrons. The van der Waals surface area contributed by atoms with Crippen molar-refractivity contribution in [3.05, 3.63) is 47.8 Å². The maximum atomic E-state index is 13.7. The number of aliphatic hydroxyl groups excluding tert-OH is 1. The predicted molar refractivity (Wildman–Crippen MR) is 60.2 cm³/mol. The van der Waals surface area contributed by atoms with E-state index in [4.69, 9.17) is 4.74 Å². The van der Waals surface area contributed by atoms with Gasteiger partial charge in [-0.15, -0.1) is 0 Å². The third-order valence-corrected chi connectivity index (χ3v) is 2.51. The van der Waals surface area contributed by atoms with E-state index >= 15 is 0 Å². The molecule has 1 aromatic carbocycles. The first kappa shape index (κ1) is 11.6. The Kier molecular flexibility index (Phi) is 3.10. The van der Waals surface area contributed by atoms with Crippen molar-refractivity contribution in [3.8, 4) is 5.75 Å². The Balaban J connectivity index is 2.34. The van der Waals surface area contributed by atoms with E-state index in [0.717, 1.165) is 0 Å². The van der Waals surface area contributed by atoms with Crippen LogP contribution in [-0.4, -0.2) is 21.8 Å². The highest BCUT2D eigenvalue weighted by Gasteiger charge is 2.17. The first-order chi connectivity index (χ1) is 8.11. The van der Waals surface area contributed by atoms with Crippen LogP contribution in [0.1, 0.15) is 17.4 Å². The van der Waals surface area contributed by atoms with Gasteiger partial charge < -0.3 is 14.4 Å². The molecular weight excluding hydrogens is 223 g/mol. The molecule has 0 aliphatic carbocycles. The van der Waals surface area contributed by atoms with Crippen molar-refractivity contribution in [3.63, 3.8) is 0 Å². The molecule has 0 aliphatic rings. The highest BCUT2D eigenvalue weighted by molar-refractivity contribution is 5.33. The number of aromatic nitrogens is 2. The van der Waals surface area contributed by atoms with Crippen LogP contribution >= 0.6 is 0 Å². The van der Waals surface area contributed by atoms with Gasteiger partial charge in [0, 0.05) is 24.9 Å². The summed E-state index contributed by atoms with van der Waals surface area (Å²) in [5, 5.41) is 9.99. The largest absolute Gasteiger partial charge is 0.497 e. The van der Waals surface area contributed by atoms with Gasteiger partial charge in [0.2, 0.25) is 0 Å². The zero-order valence-electron chi connectivity index (χ0n) is 9.59. The van der Waals surface area contributed by atoms with Crippen molar-refractivity contribution in [2.24, 2.45) is 7.05 Å². The van der Waals surface area contributed by atoms with Gasteiger partial charge in [0.25, 0.3) is 0 Å².